The average Bonchev–Trinajstić information content (AvgIpc) is 3.12. The van der Waals surface area contributed by atoms with Crippen LogP contribution in [0.2, 0.25) is 0 Å². The van der Waals surface area contributed by atoms with Gasteiger partial charge in [0.25, 0.3) is 0 Å². The van der Waals surface area contributed by atoms with Crippen LogP contribution in [0.15, 0.2) is 28.8 Å². The van der Waals surface area contributed by atoms with E-state index in [-0.39, 0.29) is 36.2 Å². The number of amides is 2. The summed E-state index contributed by atoms with van der Waals surface area (Å²) in [5.74, 6) is -0.194. The third kappa shape index (κ3) is 6.96. The highest BCUT2D eigenvalue weighted by molar-refractivity contribution is 5.94. The van der Waals surface area contributed by atoms with E-state index in [1.165, 1.54) is 0 Å². The van der Waals surface area contributed by atoms with Gasteiger partial charge in [0.05, 0.1) is 25.4 Å². The van der Waals surface area contributed by atoms with Crippen molar-refractivity contribution in [1.82, 2.24) is 10.1 Å². The normalized spacial score (nSPS) is 11.6. The maximum atomic E-state index is 12.5. The van der Waals surface area contributed by atoms with Crippen LogP contribution in [0.25, 0.3) is 0 Å². The number of aromatic nitrogens is 1. The molecule has 0 aliphatic carbocycles. The summed E-state index contributed by atoms with van der Waals surface area (Å²) < 4.78 is 10.3. The molecule has 0 saturated carbocycles. The van der Waals surface area contributed by atoms with Crippen molar-refractivity contribution in [3.63, 3.8) is 0 Å². The van der Waals surface area contributed by atoms with Crippen molar-refractivity contribution >= 4 is 23.4 Å². The third-order valence-corrected chi connectivity index (χ3v) is 4.77. The van der Waals surface area contributed by atoms with Crippen LogP contribution >= 0.6 is 0 Å². The summed E-state index contributed by atoms with van der Waals surface area (Å²) in [5, 5.41) is 9.61. The number of anilines is 2. The number of aryl methyl sites for hydroxylation is 1. The highest BCUT2D eigenvalue weighted by Gasteiger charge is 2.21. The Balaban J connectivity index is 1.97. The summed E-state index contributed by atoms with van der Waals surface area (Å²) in [4.78, 5) is 26.7. The number of nitrogens with zero attached hydrogens (tertiary/aromatic N) is 2. The Labute approximate surface area is 177 Å². The number of carbonyl (C=O) groups is 2. The molecule has 164 valence electrons. The zero-order valence-corrected chi connectivity index (χ0v) is 18.7. The monoisotopic (exact) mass is 416 g/mol. The molecule has 0 saturated heterocycles. The molecule has 2 rings (SSSR count). The zero-order valence-electron chi connectivity index (χ0n) is 18.7. The molecule has 30 heavy (non-hydrogen) atoms. The number of methoxy groups -OCH3 is 1. The molecule has 2 aromatic rings. The molecule has 0 atom stereocenters. The topological polar surface area (TPSA) is 96.7 Å². The first-order valence-electron chi connectivity index (χ1n) is 9.94. The molecule has 0 spiro atoms. The summed E-state index contributed by atoms with van der Waals surface area (Å²) >= 11 is 0. The Hall–Kier alpha value is -2.71. The molecule has 0 aliphatic rings. The number of benzene rings is 1. The summed E-state index contributed by atoms with van der Waals surface area (Å²) in [6, 6.07) is 7.47. The Morgan fingerprint density at radius 2 is 1.80 bits per heavy atom. The van der Waals surface area contributed by atoms with E-state index in [4.69, 9.17) is 9.26 Å². The van der Waals surface area contributed by atoms with Crippen LogP contribution in [0, 0.1) is 13.8 Å². The predicted octanol–water partition coefficient (Wildman–Crippen LogP) is 3.11. The van der Waals surface area contributed by atoms with Gasteiger partial charge in [-0.3, -0.25) is 19.8 Å². The number of rotatable bonds is 9. The minimum atomic E-state index is -0.290. The Kier molecular flexibility index (Phi) is 8.14. The van der Waals surface area contributed by atoms with E-state index in [2.05, 4.69) is 15.8 Å². The van der Waals surface area contributed by atoms with E-state index in [9.17, 15) is 9.59 Å². The smallest absolute Gasteiger partial charge is 0.240 e. The summed E-state index contributed by atoms with van der Waals surface area (Å²) in [6.45, 7) is 10.9. The lowest BCUT2D eigenvalue weighted by Crippen LogP contribution is -2.40. The second-order valence-electron chi connectivity index (χ2n) is 8.37. The molecule has 0 unspecified atom stereocenters. The van der Waals surface area contributed by atoms with Crippen LogP contribution in [0.5, 0.6) is 0 Å². The van der Waals surface area contributed by atoms with Crippen LogP contribution in [0.4, 0.5) is 11.6 Å². The molecule has 1 aromatic carbocycles. The van der Waals surface area contributed by atoms with Crippen LogP contribution in [0.1, 0.15) is 37.6 Å². The van der Waals surface area contributed by atoms with Crippen LogP contribution in [0.3, 0.4) is 0 Å². The van der Waals surface area contributed by atoms with Gasteiger partial charge in [-0.15, -0.1) is 0 Å². The lowest BCUT2D eigenvalue weighted by molar-refractivity contribution is -0.120. The van der Waals surface area contributed by atoms with Gasteiger partial charge in [0.15, 0.2) is 0 Å². The number of ether oxygens (including phenoxy) is 1. The maximum absolute atomic E-state index is 12.5. The van der Waals surface area contributed by atoms with E-state index in [1.54, 1.807) is 18.1 Å². The van der Waals surface area contributed by atoms with Gasteiger partial charge in [-0.1, -0.05) is 38.1 Å². The molecule has 0 radical (unpaired) electrons. The van der Waals surface area contributed by atoms with Gasteiger partial charge in [-0.05, 0) is 31.0 Å². The number of hydrogen-bond donors (Lipinski definition) is 2. The predicted molar refractivity (Wildman–Crippen MR) is 117 cm³/mol. The lowest BCUT2D eigenvalue weighted by Gasteiger charge is -2.21. The molecular formula is C22H32N4O4. The fourth-order valence-electron chi connectivity index (χ4n) is 2.78. The first-order valence-corrected chi connectivity index (χ1v) is 9.94. The summed E-state index contributed by atoms with van der Waals surface area (Å²) in [6.07, 6.45) is 0. The van der Waals surface area contributed by atoms with E-state index in [0.29, 0.717) is 13.2 Å². The maximum Gasteiger partial charge on any atom is 0.240 e. The van der Waals surface area contributed by atoms with Crippen molar-refractivity contribution in [2.45, 2.75) is 40.0 Å². The second-order valence-corrected chi connectivity index (χ2v) is 8.37. The van der Waals surface area contributed by atoms with Crippen molar-refractivity contribution in [3.8, 4) is 0 Å². The van der Waals surface area contributed by atoms with Gasteiger partial charge in [-0.25, -0.2) is 0 Å². The molecule has 8 heteroatoms. The molecule has 0 fully saturated rings. The summed E-state index contributed by atoms with van der Waals surface area (Å²) in [7, 11) is 1.58. The average molecular weight is 417 g/mol. The Bertz CT molecular complexity index is 870. The van der Waals surface area contributed by atoms with E-state index < -0.39 is 0 Å². The number of nitrogens with one attached hydrogen (secondary N) is 2. The summed E-state index contributed by atoms with van der Waals surface area (Å²) in [5.41, 5.74) is 3.47. The minimum absolute atomic E-state index is 0.0229. The van der Waals surface area contributed by atoms with Crippen molar-refractivity contribution in [1.29, 1.82) is 0 Å². The molecule has 1 heterocycles. The van der Waals surface area contributed by atoms with Crippen LogP contribution < -0.4 is 10.6 Å². The number of hydrogen-bond acceptors (Lipinski definition) is 6. The van der Waals surface area contributed by atoms with Gasteiger partial charge in [0.1, 0.15) is 0 Å². The fourth-order valence-corrected chi connectivity index (χ4v) is 2.78. The van der Waals surface area contributed by atoms with Crippen molar-refractivity contribution in [2.24, 2.45) is 0 Å². The van der Waals surface area contributed by atoms with Crippen molar-refractivity contribution in [3.05, 3.63) is 41.1 Å². The molecular weight excluding hydrogens is 384 g/mol. The number of carbonyl (C=O) groups excluding carboxylic acids is 2. The van der Waals surface area contributed by atoms with Crippen molar-refractivity contribution < 1.29 is 18.8 Å². The Morgan fingerprint density at radius 3 is 2.40 bits per heavy atom. The van der Waals surface area contributed by atoms with Gasteiger partial charge in [0.2, 0.25) is 17.7 Å². The van der Waals surface area contributed by atoms with Gasteiger partial charge in [-0.2, -0.15) is 0 Å². The standard InChI is InChI=1S/C22H32N4O4/c1-15-8-7-9-17(16(15)2)23-19(27)13-26(10-11-29-6)14-20(28)24-21-12-18(25-30-21)22(3,4)5/h7-9,12H,10-11,13-14H2,1-6H3,(H,23,27)(H,24,28). The second kappa shape index (κ2) is 10.4. The zero-order chi connectivity index (χ0) is 22.3. The van der Waals surface area contributed by atoms with Crippen LogP contribution in [-0.2, 0) is 19.7 Å². The van der Waals surface area contributed by atoms with Gasteiger partial charge < -0.3 is 14.6 Å². The highest BCUT2D eigenvalue weighted by atomic mass is 16.5. The van der Waals surface area contributed by atoms with Gasteiger partial charge in [0, 0.05) is 30.8 Å². The van der Waals surface area contributed by atoms with Crippen LogP contribution in [-0.4, -0.2) is 55.2 Å². The minimum Gasteiger partial charge on any atom is -0.383 e. The molecule has 2 amide bonds. The van der Waals surface area contributed by atoms with Gasteiger partial charge >= 0.3 is 0 Å². The van der Waals surface area contributed by atoms with E-state index in [0.717, 1.165) is 22.5 Å². The molecule has 1 aromatic heterocycles. The van der Waals surface area contributed by atoms with E-state index in [1.807, 2.05) is 52.8 Å². The highest BCUT2D eigenvalue weighted by Crippen LogP contribution is 2.23. The molecule has 0 aliphatic heterocycles. The first kappa shape index (κ1) is 23.6. The Morgan fingerprint density at radius 1 is 1.13 bits per heavy atom. The molecule has 0 bridgehead atoms. The fraction of sp³-hybridized carbons (Fsp3) is 0.500. The SMILES string of the molecule is COCCN(CC(=O)Nc1cc(C(C)(C)C)no1)CC(=O)Nc1cccc(C)c1C. The van der Waals surface area contributed by atoms with E-state index >= 15 is 0 Å². The largest absolute Gasteiger partial charge is 0.383 e. The van der Waals surface area contributed by atoms with Crippen molar-refractivity contribution in [2.75, 3.05) is 44.0 Å². The quantitative estimate of drug-likeness (QED) is 0.652. The third-order valence-electron chi connectivity index (χ3n) is 4.77. The lowest BCUT2D eigenvalue weighted by atomic mass is 9.92. The molecule has 8 nitrogen and oxygen atoms in total. The first-order chi connectivity index (χ1) is 14.1. The molecule has 2 N–H and O–H groups in total.